The average Bonchev–Trinajstić information content (AvgIpc) is 2.30. The lowest BCUT2D eigenvalue weighted by atomic mass is 10.1. The molecule has 1 aromatic rings. The molecule has 5 nitrogen and oxygen atoms in total. The van der Waals surface area contributed by atoms with Crippen molar-refractivity contribution in [1.82, 2.24) is 0 Å². The summed E-state index contributed by atoms with van der Waals surface area (Å²) >= 11 is 0. The molecule has 0 aliphatic carbocycles. The minimum absolute atomic E-state index is 0.0421. The summed E-state index contributed by atoms with van der Waals surface area (Å²) in [5.41, 5.74) is 0.624. The van der Waals surface area contributed by atoms with Gasteiger partial charge in [0.2, 0.25) is 5.91 Å². The Morgan fingerprint density at radius 1 is 1.21 bits per heavy atom. The number of ether oxygens (including phenoxy) is 1. The summed E-state index contributed by atoms with van der Waals surface area (Å²) in [7, 11) is 0. The molecule has 1 unspecified atom stereocenters. The number of amides is 1. The van der Waals surface area contributed by atoms with Gasteiger partial charge in [0.1, 0.15) is 5.75 Å². The minimum atomic E-state index is -0.976. The normalized spacial score (nSPS) is 12.0. The van der Waals surface area contributed by atoms with E-state index in [0.29, 0.717) is 5.69 Å². The zero-order valence-corrected chi connectivity index (χ0v) is 11.3. The van der Waals surface area contributed by atoms with Crippen LogP contribution in [0.1, 0.15) is 27.2 Å². The third-order valence-electron chi connectivity index (χ3n) is 2.42. The molecule has 0 saturated heterocycles. The fourth-order valence-electron chi connectivity index (χ4n) is 1.47. The molecule has 0 bridgehead atoms. The monoisotopic (exact) mass is 265 g/mol. The number of benzene rings is 1. The third kappa shape index (κ3) is 5.42. The summed E-state index contributed by atoms with van der Waals surface area (Å²) in [6.45, 7) is 5.37. The summed E-state index contributed by atoms with van der Waals surface area (Å²) in [4.78, 5) is 22.2. The molecule has 5 heteroatoms. The standard InChI is InChI=1S/C14H19NO4/c1-9(2)19-12-6-4-11(5-7-12)15-13(16)8-10(3)14(17)18/h4-7,9-10H,8H2,1-3H3,(H,15,16)(H,17,18). The Hall–Kier alpha value is -2.04. The van der Waals surface area contributed by atoms with Crippen LogP contribution >= 0.6 is 0 Å². The van der Waals surface area contributed by atoms with Crippen molar-refractivity contribution in [2.45, 2.75) is 33.3 Å². The topological polar surface area (TPSA) is 75.6 Å². The molecular formula is C14H19NO4. The largest absolute Gasteiger partial charge is 0.491 e. The lowest BCUT2D eigenvalue weighted by Crippen LogP contribution is -2.19. The number of aliphatic carboxylic acids is 1. The Morgan fingerprint density at radius 2 is 1.79 bits per heavy atom. The van der Waals surface area contributed by atoms with E-state index >= 15 is 0 Å². The van der Waals surface area contributed by atoms with Crippen LogP contribution in [0, 0.1) is 5.92 Å². The highest BCUT2D eigenvalue weighted by Gasteiger charge is 2.15. The van der Waals surface area contributed by atoms with Gasteiger partial charge < -0.3 is 15.2 Å². The Labute approximate surface area is 112 Å². The van der Waals surface area contributed by atoms with Crippen LogP contribution in [0.3, 0.4) is 0 Å². The van der Waals surface area contributed by atoms with Crippen LogP contribution in [0.25, 0.3) is 0 Å². The SMILES string of the molecule is CC(C)Oc1ccc(NC(=O)CC(C)C(=O)O)cc1. The molecule has 104 valence electrons. The van der Waals surface area contributed by atoms with E-state index in [1.54, 1.807) is 24.3 Å². The molecule has 2 N–H and O–H groups in total. The fraction of sp³-hybridized carbons (Fsp3) is 0.429. The molecule has 1 rings (SSSR count). The van der Waals surface area contributed by atoms with Gasteiger partial charge in [0, 0.05) is 12.1 Å². The Balaban J connectivity index is 2.53. The van der Waals surface area contributed by atoms with Gasteiger partial charge in [-0.25, -0.2) is 0 Å². The predicted molar refractivity (Wildman–Crippen MR) is 72.3 cm³/mol. The molecule has 0 radical (unpaired) electrons. The Kier molecular flexibility index (Phi) is 5.36. The van der Waals surface area contributed by atoms with Crippen molar-refractivity contribution in [3.05, 3.63) is 24.3 Å². The van der Waals surface area contributed by atoms with Gasteiger partial charge in [-0.05, 0) is 38.1 Å². The number of carbonyl (C=O) groups excluding carboxylic acids is 1. The van der Waals surface area contributed by atoms with E-state index in [0.717, 1.165) is 5.75 Å². The first-order valence-electron chi connectivity index (χ1n) is 6.18. The highest BCUT2D eigenvalue weighted by atomic mass is 16.5. The molecule has 19 heavy (non-hydrogen) atoms. The molecular weight excluding hydrogens is 246 g/mol. The van der Waals surface area contributed by atoms with Crippen LogP contribution in [0.15, 0.2) is 24.3 Å². The highest BCUT2D eigenvalue weighted by molar-refractivity contribution is 5.93. The summed E-state index contributed by atoms with van der Waals surface area (Å²) in [6.07, 6.45) is 0.0522. The second-order valence-corrected chi connectivity index (χ2v) is 4.68. The molecule has 0 spiro atoms. The van der Waals surface area contributed by atoms with Crippen molar-refractivity contribution in [1.29, 1.82) is 0 Å². The summed E-state index contributed by atoms with van der Waals surface area (Å²) in [6, 6.07) is 6.97. The summed E-state index contributed by atoms with van der Waals surface area (Å²) in [5, 5.41) is 11.4. The number of nitrogens with one attached hydrogen (secondary N) is 1. The highest BCUT2D eigenvalue weighted by Crippen LogP contribution is 2.17. The first-order valence-corrected chi connectivity index (χ1v) is 6.18. The second kappa shape index (κ2) is 6.78. The van der Waals surface area contributed by atoms with Crippen molar-refractivity contribution in [3.63, 3.8) is 0 Å². The van der Waals surface area contributed by atoms with Crippen LogP contribution < -0.4 is 10.1 Å². The molecule has 0 aliphatic rings. The molecule has 0 heterocycles. The lowest BCUT2D eigenvalue weighted by molar-refractivity contribution is -0.142. The zero-order chi connectivity index (χ0) is 14.4. The van der Waals surface area contributed by atoms with Gasteiger partial charge in [-0.15, -0.1) is 0 Å². The Bertz CT molecular complexity index is 439. The lowest BCUT2D eigenvalue weighted by Gasteiger charge is -2.11. The maximum atomic E-state index is 11.6. The average molecular weight is 265 g/mol. The molecule has 0 aromatic heterocycles. The first kappa shape index (κ1) is 15.0. The smallest absolute Gasteiger partial charge is 0.306 e. The Morgan fingerprint density at radius 3 is 2.26 bits per heavy atom. The first-order chi connectivity index (χ1) is 8.88. The number of rotatable bonds is 6. The maximum absolute atomic E-state index is 11.6. The van der Waals surface area contributed by atoms with Gasteiger partial charge in [-0.2, -0.15) is 0 Å². The van der Waals surface area contributed by atoms with Crippen LogP contribution in [-0.2, 0) is 9.59 Å². The molecule has 0 fully saturated rings. The minimum Gasteiger partial charge on any atom is -0.491 e. The maximum Gasteiger partial charge on any atom is 0.306 e. The molecule has 1 atom stereocenters. The van der Waals surface area contributed by atoms with E-state index in [-0.39, 0.29) is 18.4 Å². The van der Waals surface area contributed by atoms with Gasteiger partial charge in [-0.1, -0.05) is 6.92 Å². The number of carboxylic acid groups (broad SMARTS) is 1. The predicted octanol–water partition coefficient (Wildman–Crippen LogP) is 2.52. The molecule has 0 saturated carbocycles. The van der Waals surface area contributed by atoms with E-state index < -0.39 is 11.9 Å². The van der Waals surface area contributed by atoms with Gasteiger partial charge in [0.25, 0.3) is 0 Å². The summed E-state index contributed by atoms with van der Waals surface area (Å²) < 4.78 is 5.48. The van der Waals surface area contributed by atoms with Gasteiger partial charge in [0.05, 0.1) is 12.0 Å². The van der Waals surface area contributed by atoms with Gasteiger partial charge in [0.15, 0.2) is 0 Å². The van der Waals surface area contributed by atoms with Crippen molar-refractivity contribution in [2.24, 2.45) is 5.92 Å². The van der Waals surface area contributed by atoms with Crippen molar-refractivity contribution in [3.8, 4) is 5.75 Å². The van der Waals surface area contributed by atoms with E-state index in [4.69, 9.17) is 9.84 Å². The van der Waals surface area contributed by atoms with Gasteiger partial charge in [-0.3, -0.25) is 9.59 Å². The number of hydrogen-bond donors (Lipinski definition) is 2. The number of hydrogen-bond acceptors (Lipinski definition) is 3. The van der Waals surface area contributed by atoms with Crippen LogP contribution in [0.2, 0.25) is 0 Å². The zero-order valence-electron chi connectivity index (χ0n) is 11.3. The van der Waals surface area contributed by atoms with Crippen LogP contribution in [-0.4, -0.2) is 23.1 Å². The molecule has 1 aromatic carbocycles. The van der Waals surface area contributed by atoms with Crippen molar-refractivity contribution in [2.75, 3.05) is 5.32 Å². The number of anilines is 1. The van der Waals surface area contributed by atoms with Gasteiger partial charge >= 0.3 is 5.97 Å². The second-order valence-electron chi connectivity index (χ2n) is 4.68. The number of carbonyl (C=O) groups is 2. The van der Waals surface area contributed by atoms with E-state index in [1.807, 2.05) is 13.8 Å². The third-order valence-corrected chi connectivity index (χ3v) is 2.42. The fourth-order valence-corrected chi connectivity index (χ4v) is 1.47. The van der Waals surface area contributed by atoms with E-state index in [2.05, 4.69) is 5.32 Å². The van der Waals surface area contributed by atoms with E-state index in [1.165, 1.54) is 6.92 Å². The quantitative estimate of drug-likeness (QED) is 0.828. The molecule has 0 aliphatic heterocycles. The summed E-state index contributed by atoms with van der Waals surface area (Å²) in [5.74, 6) is -1.25. The van der Waals surface area contributed by atoms with E-state index in [9.17, 15) is 9.59 Å². The van der Waals surface area contributed by atoms with Crippen LogP contribution in [0.5, 0.6) is 5.75 Å². The van der Waals surface area contributed by atoms with Crippen molar-refractivity contribution >= 4 is 17.6 Å². The van der Waals surface area contributed by atoms with Crippen LogP contribution in [0.4, 0.5) is 5.69 Å². The number of carboxylic acids is 1. The molecule has 1 amide bonds. The van der Waals surface area contributed by atoms with Crippen molar-refractivity contribution < 1.29 is 19.4 Å².